The molecular weight excluding hydrogens is 254 g/mol. The average Bonchev–Trinajstić information content (AvgIpc) is 2.96. The van der Waals surface area contributed by atoms with E-state index in [2.05, 4.69) is 24.0 Å². The van der Waals surface area contributed by atoms with E-state index in [1.165, 1.54) is 0 Å². The molecule has 2 aromatic rings. The van der Waals surface area contributed by atoms with E-state index in [0.29, 0.717) is 24.2 Å². The molecule has 0 aliphatic rings. The van der Waals surface area contributed by atoms with E-state index in [-0.39, 0.29) is 6.04 Å². The fourth-order valence-electron chi connectivity index (χ4n) is 1.91. The van der Waals surface area contributed by atoms with Crippen LogP contribution >= 0.6 is 0 Å². The first-order chi connectivity index (χ1) is 9.67. The minimum atomic E-state index is -0.236. The summed E-state index contributed by atoms with van der Waals surface area (Å²) >= 11 is 0. The van der Waals surface area contributed by atoms with E-state index >= 15 is 0 Å². The maximum atomic E-state index is 6.11. The monoisotopic (exact) mass is 275 g/mol. The third-order valence-corrected chi connectivity index (χ3v) is 3.41. The maximum absolute atomic E-state index is 6.11. The van der Waals surface area contributed by atoms with Crippen LogP contribution in [0.2, 0.25) is 0 Å². The van der Waals surface area contributed by atoms with Gasteiger partial charge in [-0.25, -0.2) is 0 Å². The Bertz CT molecular complexity index is 554. The lowest BCUT2D eigenvalue weighted by molar-refractivity contribution is 0.312. The van der Waals surface area contributed by atoms with Gasteiger partial charge in [0.15, 0.2) is 0 Å². The number of hydrogen-bond donors (Lipinski definition) is 1. The zero-order chi connectivity index (χ0) is 14.5. The fourth-order valence-corrected chi connectivity index (χ4v) is 1.91. The van der Waals surface area contributed by atoms with Crippen LogP contribution in [-0.4, -0.2) is 16.7 Å². The molecule has 2 atom stereocenters. The number of ether oxygens (including phenoxy) is 1. The number of benzene rings is 1. The number of para-hydroxylation sites is 1. The molecule has 0 spiro atoms. The highest BCUT2D eigenvalue weighted by molar-refractivity contribution is 5.63. The molecule has 0 aliphatic carbocycles. The van der Waals surface area contributed by atoms with Crippen molar-refractivity contribution in [2.75, 3.05) is 6.61 Å². The zero-order valence-electron chi connectivity index (χ0n) is 12.2. The Kier molecular flexibility index (Phi) is 4.74. The van der Waals surface area contributed by atoms with E-state index in [4.69, 9.17) is 15.0 Å². The van der Waals surface area contributed by atoms with Crippen molar-refractivity contribution in [1.82, 2.24) is 10.1 Å². The van der Waals surface area contributed by atoms with E-state index in [0.717, 1.165) is 17.7 Å². The molecule has 1 aromatic carbocycles. The standard InChI is InChI=1S/C15H21N3O2/c1-4-10(3)13(16)15-17-14(18-20-15)11-8-6-7-9-12(11)19-5-2/h6-10,13H,4-5,16H2,1-3H3. The predicted octanol–water partition coefficient (Wildman–Crippen LogP) is 3.18. The van der Waals surface area contributed by atoms with Crippen LogP contribution < -0.4 is 10.5 Å². The van der Waals surface area contributed by atoms with Crippen molar-refractivity contribution in [2.24, 2.45) is 11.7 Å². The van der Waals surface area contributed by atoms with Crippen molar-refractivity contribution < 1.29 is 9.26 Å². The lowest BCUT2D eigenvalue weighted by atomic mass is 10.0. The SMILES string of the molecule is CCOc1ccccc1-c1noc(C(N)C(C)CC)n1. The highest BCUT2D eigenvalue weighted by atomic mass is 16.5. The highest BCUT2D eigenvalue weighted by Gasteiger charge is 2.21. The summed E-state index contributed by atoms with van der Waals surface area (Å²) in [5.74, 6) is 2.04. The van der Waals surface area contributed by atoms with Gasteiger partial charge in [0.05, 0.1) is 18.2 Å². The van der Waals surface area contributed by atoms with Crippen LogP contribution in [0, 0.1) is 5.92 Å². The second kappa shape index (κ2) is 6.52. The smallest absolute Gasteiger partial charge is 0.244 e. The van der Waals surface area contributed by atoms with Gasteiger partial charge >= 0.3 is 0 Å². The van der Waals surface area contributed by atoms with Crippen LogP contribution in [0.5, 0.6) is 5.75 Å². The number of hydrogen-bond acceptors (Lipinski definition) is 5. The molecule has 1 aromatic heterocycles. The van der Waals surface area contributed by atoms with Crippen LogP contribution in [0.3, 0.4) is 0 Å². The Morgan fingerprint density at radius 3 is 2.75 bits per heavy atom. The van der Waals surface area contributed by atoms with Gasteiger partial charge < -0.3 is 15.0 Å². The van der Waals surface area contributed by atoms with Crippen molar-refractivity contribution in [3.8, 4) is 17.1 Å². The van der Waals surface area contributed by atoms with Gasteiger partial charge in [0.2, 0.25) is 11.7 Å². The first kappa shape index (κ1) is 14.5. The van der Waals surface area contributed by atoms with Crippen molar-refractivity contribution in [3.05, 3.63) is 30.2 Å². The highest BCUT2D eigenvalue weighted by Crippen LogP contribution is 2.29. The molecule has 0 saturated carbocycles. The number of rotatable bonds is 6. The maximum Gasteiger partial charge on any atom is 0.244 e. The average molecular weight is 275 g/mol. The summed E-state index contributed by atoms with van der Waals surface area (Å²) < 4.78 is 10.9. The van der Waals surface area contributed by atoms with Crippen LogP contribution in [0.4, 0.5) is 0 Å². The molecule has 0 bridgehead atoms. The summed E-state index contributed by atoms with van der Waals surface area (Å²) in [4.78, 5) is 4.41. The van der Waals surface area contributed by atoms with Gasteiger partial charge in [0, 0.05) is 0 Å². The van der Waals surface area contributed by atoms with Gasteiger partial charge in [-0.05, 0) is 25.0 Å². The summed E-state index contributed by atoms with van der Waals surface area (Å²) in [6.45, 7) is 6.69. The third-order valence-electron chi connectivity index (χ3n) is 3.41. The molecule has 1 heterocycles. The first-order valence-electron chi connectivity index (χ1n) is 6.98. The molecule has 108 valence electrons. The van der Waals surface area contributed by atoms with Gasteiger partial charge in [0.1, 0.15) is 5.75 Å². The van der Waals surface area contributed by atoms with Crippen molar-refractivity contribution in [2.45, 2.75) is 33.2 Å². The first-order valence-corrected chi connectivity index (χ1v) is 6.98. The van der Waals surface area contributed by atoms with Crippen molar-refractivity contribution in [3.63, 3.8) is 0 Å². The van der Waals surface area contributed by atoms with Gasteiger partial charge in [-0.3, -0.25) is 0 Å². The van der Waals surface area contributed by atoms with Gasteiger partial charge in [-0.2, -0.15) is 4.98 Å². The molecule has 5 heteroatoms. The summed E-state index contributed by atoms with van der Waals surface area (Å²) in [6, 6.07) is 7.40. The molecule has 5 nitrogen and oxygen atoms in total. The van der Waals surface area contributed by atoms with Crippen LogP contribution in [0.25, 0.3) is 11.4 Å². The third kappa shape index (κ3) is 2.99. The summed E-state index contributed by atoms with van der Waals surface area (Å²) in [6.07, 6.45) is 0.967. The predicted molar refractivity (Wildman–Crippen MR) is 77.3 cm³/mol. The molecule has 2 unspecified atom stereocenters. The normalized spacial score (nSPS) is 14.0. The van der Waals surface area contributed by atoms with Crippen LogP contribution in [0.15, 0.2) is 28.8 Å². The molecule has 0 amide bonds. The number of aromatic nitrogens is 2. The number of nitrogens with two attached hydrogens (primary N) is 1. The van der Waals surface area contributed by atoms with Crippen LogP contribution in [0.1, 0.15) is 39.1 Å². The molecule has 0 radical (unpaired) electrons. The molecule has 0 fully saturated rings. The summed E-state index contributed by atoms with van der Waals surface area (Å²) in [7, 11) is 0. The Morgan fingerprint density at radius 1 is 1.30 bits per heavy atom. The largest absolute Gasteiger partial charge is 0.493 e. The Hall–Kier alpha value is -1.88. The van der Waals surface area contributed by atoms with E-state index in [1.54, 1.807) is 0 Å². The molecule has 20 heavy (non-hydrogen) atoms. The van der Waals surface area contributed by atoms with Gasteiger partial charge in [-0.1, -0.05) is 37.6 Å². The Morgan fingerprint density at radius 2 is 2.05 bits per heavy atom. The van der Waals surface area contributed by atoms with E-state index < -0.39 is 0 Å². The minimum absolute atomic E-state index is 0.236. The molecule has 0 aliphatic heterocycles. The summed E-state index contributed by atoms with van der Waals surface area (Å²) in [5.41, 5.74) is 6.93. The van der Waals surface area contributed by atoms with Crippen molar-refractivity contribution >= 4 is 0 Å². The molecule has 2 N–H and O–H groups in total. The second-order valence-corrected chi connectivity index (χ2v) is 4.80. The number of nitrogens with zero attached hydrogens (tertiary/aromatic N) is 2. The second-order valence-electron chi connectivity index (χ2n) is 4.80. The van der Waals surface area contributed by atoms with E-state index in [9.17, 15) is 0 Å². The lowest BCUT2D eigenvalue weighted by Crippen LogP contribution is -2.18. The van der Waals surface area contributed by atoms with Crippen molar-refractivity contribution in [1.29, 1.82) is 0 Å². The van der Waals surface area contributed by atoms with Crippen LogP contribution in [-0.2, 0) is 0 Å². The molecule has 0 saturated heterocycles. The lowest BCUT2D eigenvalue weighted by Gasteiger charge is -2.13. The summed E-state index contributed by atoms with van der Waals surface area (Å²) in [5, 5.41) is 4.02. The van der Waals surface area contributed by atoms with Gasteiger partial charge in [-0.15, -0.1) is 0 Å². The topological polar surface area (TPSA) is 74.2 Å². The Labute approximate surface area is 119 Å². The fraction of sp³-hybridized carbons (Fsp3) is 0.467. The van der Waals surface area contributed by atoms with E-state index in [1.807, 2.05) is 31.2 Å². The van der Waals surface area contributed by atoms with Gasteiger partial charge in [0.25, 0.3) is 0 Å². The molecule has 2 rings (SSSR count). The zero-order valence-corrected chi connectivity index (χ0v) is 12.2. The Balaban J connectivity index is 2.29. The minimum Gasteiger partial charge on any atom is -0.493 e. The quantitative estimate of drug-likeness (QED) is 0.876. The molecular formula is C15H21N3O2.